The second-order valence-electron chi connectivity index (χ2n) is 5.61. The summed E-state index contributed by atoms with van der Waals surface area (Å²) in [5, 5.41) is 21.0. The number of rotatable bonds is 3. The molecule has 20 heavy (non-hydrogen) atoms. The van der Waals surface area contributed by atoms with Gasteiger partial charge in [0.2, 0.25) is 0 Å². The minimum Gasteiger partial charge on any atom is -0.385 e. The molecule has 0 heterocycles. The highest BCUT2D eigenvalue weighted by Crippen LogP contribution is 2.32. The van der Waals surface area contributed by atoms with E-state index in [1.165, 1.54) is 0 Å². The molecular formula is C18H22O2. The molecule has 2 aromatic rings. The van der Waals surface area contributed by atoms with Crippen molar-refractivity contribution in [3.8, 4) is 0 Å². The van der Waals surface area contributed by atoms with Crippen molar-refractivity contribution < 1.29 is 10.2 Å². The van der Waals surface area contributed by atoms with Crippen LogP contribution in [-0.2, 0) is 0 Å². The van der Waals surface area contributed by atoms with E-state index >= 15 is 0 Å². The first-order valence-electron chi connectivity index (χ1n) is 6.90. The predicted octanol–water partition coefficient (Wildman–Crippen LogP) is 3.69. The molecule has 2 heteroatoms. The van der Waals surface area contributed by atoms with Gasteiger partial charge in [0.25, 0.3) is 0 Å². The van der Waals surface area contributed by atoms with Crippen LogP contribution in [0.15, 0.2) is 36.4 Å². The lowest BCUT2D eigenvalue weighted by Crippen LogP contribution is -2.13. The van der Waals surface area contributed by atoms with Gasteiger partial charge in [-0.1, -0.05) is 47.5 Å². The SMILES string of the molecule is Cc1ccc(C)c(C(O)C(O)c2cc(C)ccc2C)c1. The summed E-state index contributed by atoms with van der Waals surface area (Å²) in [5.41, 5.74) is 5.73. The Hall–Kier alpha value is -1.64. The molecule has 0 aliphatic heterocycles. The van der Waals surface area contributed by atoms with Gasteiger partial charge in [-0.15, -0.1) is 0 Å². The predicted molar refractivity (Wildman–Crippen MR) is 81.8 cm³/mol. The molecule has 0 radical (unpaired) electrons. The quantitative estimate of drug-likeness (QED) is 0.893. The second kappa shape index (κ2) is 5.78. The minimum absolute atomic E-state index is 0.790. The Morgan fingerprint density at radius 1 is 0.650 bits per heavy atom. The van der Waals surface area contributed by atoms with E-state index in [0.29, 0.717) is 0 Å². The zero-order chi connectivity index (χ0) is 14.9. The fourth-order valence-electron chi connectivity index (χ4n) is 2.50. The third-order valence-electron chi connectivity index (χ3n) is 3.81. The van der Waals surface area contributed by atoms with Gasteiger partial charge in [-0.3, -0.25) is 0 Å². The van der Waals surface area contributed by atoms with Gasteiger partial charge in [-0.25, -0.2) is 0 Å². The molecule has 0 saturated carbocycles. The van der Waals surface area contributed by atoms with Crippen molar-refractivity contribution in [3.05, 3.63) is 69.8 Å². The molecule has 2 unspecified atom stereocenters. The number of hydrogen-bond donors (Lipinski definition) is 2. The molecule has 0 spiro atoms. The summed E-state index contributed by atoms with van der Waals surface area (Å²) in [6.07, 6.45) is -1.81. The third-order valence-corrected chi connectivity index (χ3v) is 3.81. The highest BCUT2D eigenvalue weighted by Gasteiger charge is 2.23. The maximum absolute atomic E-state index is 10.5. The molecule has 2 nitrogen and oxygen atoms in total. The van der Waals surface area contributed by atoms with Crippen LogP contribution in [0.3, 0.4) is 0 Å². The van der Waals surface area contributed by atoms with Gasteiger partial charge in [0.15, 0.2) is 0 Å². The number of hydrogen-bond acceptors (Lipinski definition) is 2. The molecule has 0 bridgehead atoms. The van der Waals surface area contributed by atoms with Crippen molar-refractivity contribution in [1.82, 2.24) is 0 Å². The molecule has 0 saturated heterocycles. The Labute approximate surface area is 120 Å². The molecule has 0 amide bonds. The number of benzene rings is 2. The average molecular weight is 270 g/mol. The summed E-state index contributed by atoms with van der Waals surface area (Å²) in [5.74, 6) is 0. The van der Waals surface area contributed by atoms with Crippen molar-refractivity contribution in [2.24, 2.45) is 0 Å². The van der Waals surface area contributed by atoms with Crippen LogP contribution in [0.1, 0.15) is 45.6 Å². The largest absolute Gasteiger partial charge is 0.385 e. The summed E-state index contributed by atoms with van der Waals surface area (Å²) in [7, 11) is 0. The summed E-state index contributed by atoms with van der Waals surface area (Å²) in [4.78, 5) is 0. The first-order chi connectivity index (χ1) is 9.40. The summed E-state index contributed by atoms with van der Waals surface area (Å²) >= 11 is 0. The lowest BCUT2D eigenvalue weighted by molar-refractivity contribution is 0.0164. The molecule has 0 aliphatic rings. The van der Waals surface area contributed by atoms with E-state index in [-0.39, 0.29) is 0 Å². The van der Waals surface area contributed by atoms with Gasteiger partial charge in [0, 0.05) is 0 Å². The molecule has 0 fully saturated rings. The van der Waals surface area contributed by atoms with E-state index in [1.54, 1.807) is 0 Å². The Balaban J connectivity index is 2.39. The average Bonchev–Trinajstić information content (AvgIpc) is 2.42. The lowest BCUT2D eigenvalue weighted by atomic mass is 9.91. The summed E-state index contributed by atoms with van der Waals surface area (Å²) in [6.45, 7) is 7.88. The second-order valence-corrected chi connectivity index (χ2v) is 5.61. The van der Waals surface area contributed by atoms with Crippen molar-refractivity contribution in [2.45, 2.75) is 39.9 Å². The van der Waals surface area contributed by atoms with Crippen LogP contribution in [0.2, 0.25) is 0 Å². The van der Waals surface area contributed by atoms with Crippen LogP contribution >= 0.6 is 0 Å². The normalized spacial score (nSPS) is 14.1. The molecule has 0 aliphatic carbocycles. The molecule has 0 aromatic heterocycles. The zero-order valence-electron chi connectivity index (χ0n) is 12.5. The molecule has 2 N–H and O–H groups in total. The van der Waals surface area contributed by atoms with Crippen molar-refractivity contribution >= 4 is 0 Å². The zero-order valence-corrected chi connectivity index (χ0v) is 12.5. The third kappa shape index (κ3) is 2.92. The Bertz CT molecular complexity index is 561. The fraction of sp³-hybridized carbons (Fsp3) is 0.333. The van der Waals surface area contributed by atoms with E-state index < -0.39 is 12.2 Å². The van der Waals surface area contributed by atoms with Crippen LogP contribution in [0.4, 0.5) is 0 Å². The molecular weight excluding hydrogens is 248 g/mol. The van der Waals surface area contributed by atoms with Crippen molar-refractivity contribution in [2.75, 3.05) is 0 Å². The topological polar surface area (TPSA) is 40.5 Å². The van der Waals surface area contributed by atoms with Crippen molar-refractivity contribution in [1.29, 1.82) is 0 Å². The van der Waals surface area contributed by atoms with Crippen LogP contribution < -0.4 is 0 Å². The van der Waals surface area contributed by atoms with Crippen molar-refractivity contribution in [3.63, 3.8) is 0 Å². The van der Waals surface area contributed by atoms with Gasteiger partial charge in [-0.05, 0) is 49.9 Å². The monoisotopic (exact) mass is 270 g/mol. The number of aliphatic hydroxyl groups is 2. The number of aryl methyl sites for hydroxylation is 4. The van der Waals surface area contributed by atoms with Crippen LogP contribution in [0.5, 0.6) is 0 Å². The van der Waals surface area contributed by atoms with Gasteiger partial charge in [-0.2, -0.15) is 0 Å². The minimum atomic E-state index is -0.907. The highest BCUT2D eigenvalue weighted by molar-refractivity contribution is 5.37. The summed E-state index contributed by atoms with van der Waals surface area (Å²) < 4.78 is 0. The van der Waals surface area contributed by atoms with Gasteiger partial charge >= 0.3 is 0 Å². The first-order valence-corrected chi connectivity index (χ1v) is 6.90. The molecule has 2 aromatic carbocycles. The van der Waals surface area contributed by atoms with E-state index in [9.17, 15) is 10.2 Å². The fourth-order valence-corrected chi connectivity index (χ4v) is 2.50. The molecule has 2 atom stereocenters. The van der Waals surface area contributed by atoms with Gasteiger partial charge in [0.1, 0.15) is 12.2 Å². The van der Waals surface area contributed by atoms with E-state index in [2.05, 4.69) is 0 Å². The highest BCUT2D eigenvalue weighted by atomic mass is 16.3. The molecule has 106 valence electrons. The van der Waals surface area contributed by atoms with E-state index in [0.717, 1.165) is 33.4 Å². The smallest absolute Gasteiger partial charge is 0.109 e. The van der Waals surface area contributed by atoms with E-state index in [4.69, 9.17) is 0 Å². The Kier molecular flexibility index (Phi) is 4.26. The Morgan fingerprint density at radius 2 is 1.00 bits per heavy atom. The van der Waals surface area contributed by atoms with Crippen LogP contribution in [-0.4, -0.2) is 10.2 Å². The molecule has 2 rings (SSSR count). The maximum Gasteiger partial charge on any atom is 0.109 e. The van der Waals surface area contributed by atoms with Gasteiger partial charge in [0.05, 0.1) is 0 Å². The van der Waals surface area contributed by atoms with Crippen LogP contribution in [0.25, 0.3) is 0 Å². The van der Waals surface area contributed by atoms with E-state index in [1.807, 2.05) is 64.1 Å². The standard InChI is InChI=1S/C18H22O2/c1-11-5-7-13(3)15(9-11)17(19)18(20)16-10-12(2)6-8-14(16)4/h5-10,17-20H,1-4H3. The Morgan fingerprint density at radius 3 is 1.35 bits per heavy atom. The van der Waals surface area contributed by atoms with Gasteiger partial charge < -0.3 is 10.2 Å². The summed E-state index contributed by atoms with van der Waals surface area (Å²) in [6, 6.07) is 11.8. The van der Waals surface area contributed by atoms with Crippen LogP contribution in [0, 0.1) is 27.7 Å². The number of aliphatic hydroxyl groups excluding tert-OH is 2. The first kappa shape index (κ1) is 14.8. The lowest BCUT2D eigenvalue weighted by Gasteiger charge is -2.22. The maximum atomic E-state index is 10.5.